The van der Waals surface area contributed by atoms with Crippen LogP contribution >= 0.6 is 0 Å². The van der Waals surface area contributed by atoms with E-state index in [0.29, 0.717) is 17.1 Å². The van der Waals surface area contributed by atoms with Crippen LogP contribution in [0.2, 0.25) is 0 Å². The van der Waals surface area contributed by atoms with E-state index in [0.717, 1.165) is 23.2 Å². The Morgan fingerprint density at radius 2 is 1.12 bits per heavy atom. The lowest BCUT2D eigenvalue weighted by molar-refractivity contribution is 0.0948. The lowest BCUT2D eigenvalue weighted by Gasteiger charge is -2.52. The number of carbonyl (C=O) groups is 1. The molecule has 6 aromatic carbocycles. The van der Waals surface area contributed by atoms with Crippen LogP contribution in [0.1, 0.15) is 70.9 Å². The Labute approximate surface area is 288 Å². The van der Waals surface area contributed by atoms with E-state index in [1.807, 2.05) is 23.1 Å². The molecule has 4 nitrogen and oxygen atoms in total. The molecule has 0 aromatic heterocycles. The highest BCUT2D eigenvalue weighted by atomic mass is 16.7. The molecule has 0 bridgehead atoms. The van der Waals surface area contributed by atoms with Gasteiger partial charge in [0.25, 0.3) is 5.91 Å². The standard InChI is InChI=1S/C45H39NO3/c1-43(2)30-44(3,33-16-8-4-9-17-33)38-29-37(25-26-39(38)46(43)42(47)32-24-27-40-41(28-32)49-31-48-40)45(34-18-10-5-11-19-34,35-20-12-6-13-21-35)36-22-14-7-15-23-36/h4-29H,30-31H2,1-3H3/t44-/m1/s1. The van der Waals surface area contributed by atoms with Crippen LogP contribution in [-0.4, -0.2) is 18.2 Å². The largest absolute Gasteiger partial charge is 0.454 e. The topological polar surface area (TPSA) is 38.8 Å². The van der Waals surface area contributed by atoms with Crippen molar-refractivity contribution in [3.63, 3.8) is 0 Å². The van der Waals surface area contributed by atoms with E-state index in [-0.39, 0.29) is 12.7 Å². The quantitative estimate of drug-likeness (QED) is 0.170. The molecular weight excluding hydrogens is 602 g/mol. The fourth-order valence-corrected chi connectivity index (χ4v) is 8.44. The molecule has 0 unspecified atom stereocenters. The number of fused-ring (bicyclic) bond motifs is 2. The summed E-state index contributed by atoms with van der Waals surface area (Å²) in [6.07, 6.45) is 0.728. The first-order chi connectivity index (χ1) is 23.8. The van der Waals surface area contributed by atoms with Crippen molar-refractivity contribution in [2.45, 2.75) is 43.6 Å². The molecule has 242 valence electrons. The summed E-state index contributed by atoms with van der Waals surface area (Å²) in [4.78, 5) is 16.7. The highest BCUT2D eigenvalue weighted by molar-refractivity contribution is 6.08. The Balaban J connectivity index is 1.41. The van der Waals surface area contributed by atoms with Gasteiger partial charge in [-0.05, 0) is 77.9 Å². The van der Waals surface area contributed by atoms with E-state index in [4.69, 9.17) is 9.47 Å². The summed E-state index contributed by atoms with van der Waals surface area (Å²) < 4.78 is 11.2. The van der Waals surface area contributed by atoms with Crippen molar-refractivity contribution in [1.29, 1.82) is 0 Å². The summed E-state index contributed by atoms with van der Waals surface area (Å²) >= 11 is 0. The van der Waals surface area contributed by atoms with E-state index in [1.54, 1.807) is 0 Å². The van der Waals surface area contributed by atoms with Crippen molar-refractivity contribution in [3.8, 4) is 11.5 Å². The molecule has 6 aromatic rings. The van der Waals surface area contributed by atoms with Crippen molar-refractivity contribution in [1.82, 2.24) is 0 Å². The Morgan fingerprint density at radius 3 is 1.69 bits per heavy atom. The second-order valence-electron chi connectivity index (χ2n) is 14.0. The molecule has 4 heteroatoms. The molecule has 2 heterocycles. The van der Waals surface area contributed by atoms with Gasteiger partial charge in [0.05, 0.1) is 5.41 Å². The Hall–Kier alpha value is -5.61. The van der Waals surface area contributed by atoms with Crippen molar-refractivity contribution >= 4 is 11.6 Å². The van der Waals surface area contributed by atoms with E-state index < -0.39 is 16.4 Å². The number of hydrogen-bond donors (Lipinski definition) is 0. The van der Waals surface area contributed by atoms with Gasteiger partial charge < -0.3 is 14.4 Å². The molecule has 49 heavy (non-hydrogen) atoms. The molecular formula is C45H39NO3. The number of amides is 1. The third-order valence-electron chi connectivity index (χ3n) is 10.5. The smallest absolute Gasteiger partial charge is 0.258 e. The maximum atomic E-state index is 14.7. The van der Waals surface area contributed by atoms with Gasteiger partial charge in [0.1, 0.15) is 0 Å². The number of hydrogen-bond acceptors (Lipinski definition) is 3. The number of rotatable bonds is 6. The Bertz CT molecular complexity index is 2030. The molecule has 2 aliphatic rings. The molecule has 0 saturated heterocycles. The van der Waals surface area contributed by atoms with Gasteiger partial charge in [0, 0.05) is 22.2 Å². The van der Waals surface area contributed by atoms with Crippen LogP contribution in [0.4, 0.5) is 5.69 Å². The number of anilines is 1. The van der Waals surface area contributed by atoms with Crippen molar-refractivity contribution in [3.05, 3.63) is 197 Å². The van der Waals surface area contributed by atoms with E-state index in [9.17, 15) is 4.79 Å². The molecule has 0 fully saturated rings. The van der Waals surface area contributed by atoms with Gasteiger partial charge in [0.15, 0.2) is 11.5 Å². The zero-order valence-electron chi connectivity index (χ0n) is 28.1. The van der Waals surface area contributed by atoms with Crippen LogP contribution in [-0.2, 0) is 10.8 Å². The summed E-state index contributed by atoms with van der Waals surface area (Å²) in [6, 6.07) is 55.4. The van der Waals surface area contributed by atoms with Crippen LogP contribution in [0, 0.1) is 0 Å². The molecule has 0 N–H and O–H groups in total. The Kier molecular flexibility index (Phi) is 7.41. The maximum Gasteiger partial charge on any atom is 0.258 e. The lowest BCUT2D eigenvalue weighted by Crippen LogP contribution is -2.56. The second-order valence-corrected chi connectivity index (χ2v) is 14.0. The van der Waals surface area contributed by atoms with Crippen LogP contribution in [0.3, 0.4) is 0 Å². The summed E-state index contributed by atoms with van der Waals surface area (Å²) in [6.45, 7) is 6.86. The average Bonchev–Trinajstić information content (AvgIpc) is 3.62. The number of carbonyl (C=O) groups excluding carboxylic acids is 1. The molecule has 8 rings (SSSR count). The highest BCUT2D eigenvalue weighted by Crippen LogP contribution is 2.54. The average molecular weight is 642 g/mol. The minimum Gasteiger partial charge on any atom is -0.454 e. The van der Waals surface area contributed by atoms with Crippen LogP contribution in [0.15, 0.2) is 158 Å². The SMILES string of the molecule is CC1(C)C[C@](C)(c2ccccc2)c2cc(C(c3ccccc3)(c3ccccc3)c3ccccc3)ccc2N1C(=O)c1ccc2c(c1)OCO2. The molecule has 1 amide bonds. The van der Waals surface area contributed by atoms with Crippen molar-refractivity contribution < 1.29 is 14.3 Å². The zero-order valence-corrected chi connectivity index (χ0v) is 28.1. The minimum atomic E-state index is -0.616. The summed E-state index contributed by atoms with van der Waals surface area (Å²) in [5, 5.41) is 0. The maximum absolute atomic E-state index is 14.7. The summed E-state index contributed by atoms with van der Waals surface area (Å²) in [7, 11) is 0. The van der Waals surface area contributed by atoms with Gasteiger partial charge >= 0.3 is 0 Å². The van der Waals surface area contributed by atoms with Crippen molar-refractivity contribution in [2.75, 3.05) is 11.7 Å². The van der Waals surface area contributed by atoms with Gasteiger partial charge in [-0.1, -0.05) is 140 Å². The Morgan fingerprint density at radius 1 is 0.592 bits per heavy atom. The van der Waals surface area contributed by atoms with Crippen molar-refractivity contribution in [2.24, 2.45) is 0 Å². The normalized spacial score (nSPS) is 17.7. The summed E-state index contributed by atoms with van der Waals surface area (Å²) in [5.41, 5.74) is 7.00. The first-order valence-corrected chi connectivity index (χ1v) is 16.9. The van der Waals surface area contributed by atoms with E-state index >= 15 is 0 Å². The molecule has 0 aliphatic carbocycles. The predicted octanol–water partition coefficient (Wildman–Crippen LogP) is 9.93. The molecule has 0 radical (unpaired) electrons. The van der Waals surface area contributed by atoms with E-state index in [1.165, 1.54) is 22.3 Å². The molecule has 1 atom stereocenters. The monoisotopic (exact) mass is 641 g/mol. The highest BCUT2D eigenvalue weighted by Gasteiger charge is 2.49. The predicted molar refractivity (Wildman–Crippen MR) is 196 cm³/mol. The third-order valence-corrected chi connectivity index (χ3v) is 10.5. The van der Waals surface area contributed by atoms with Gasteiger partial charge in [-0.2, -0.15) is 0 Å². The van der Waals surface area contributed by atoms with Crippen LogP contribution in [0.25, 0.3) is 0 Å². The number of benzene rings is 6. The first kappa shape index (κ1) is 30.7. The van der Waals surface area contributed by atoms with Crippen LogP contribution < -0.4 is 14.4 Å². The molecule has 0 spiro atoms. The van der Waals surface area contributed by atoms with Gasteiger partial charge in [-0.3, -0.25) is 4.79 Å². The third kappa shape index (κ3) is 4.93. The lowest BCUT2D eigenvalue weighted by atomic mass is 9.61. The van der Waals surface area contributed by atoms with Crippen LogP contribution in [0.5, 0.6) is 11.5 Å². The van der Waals surface area contributed by atoms with Gasteiger partial charge in [-0.25, -0.2) is 0 Å². The fourth-order valence-electron chi connectivity index (χ4n) is 8.44. The number of nitrogens with zero attached hydrogens (tertiary/aromatic N) is 1. The van der Waals surface area contributed by atoms with E-state index in [2.05, 4.69) is 160 Å². The fraction of sp³-hybridized carbons (Fsp3) is 0.178. The summed E-state index contributed by atoms with van der Waals surface area (Å²) in [5.74, 6) is 1.20. The second kappa shape index (κ2) is 11.8. The zero-order chi connectivity index (χ0) is 33.6. The van der Waals surface area contributed by atoms with Gasteiger partial charge in [-0.15, -0.1) is 0 Å². The molecule has 0 saturated carbocycles. The first-order valence-electron chi connectivity index (χ1n) is 16.9. The minimum absolute atomic E-state index is 0.0622. The number of ether oxygens (including phenoxy) is 2. The van der Waals surface area contributed by atoms with Gasteiger partial charge in [0.2, 0.25) is 6.79 Å². The molecule has 2 aliphatic heterocycles.